The molecule has 0 aliphatic carbocycles. The molecule has 0 saturated heterocycles. The maximum absolute atomic E-state index is 4.29. The van der Waals surface area contributed by atoms with Crippen molar-refractivity contribution in [1.82, 2.24) is 9.55 Å². The second-order valence-electron chi connectivity index (χ2n) is 4.93. The number of hydrogen-bond donors (Lipinski definition) is 0. The summed E-state index contributed by atoms with van der Waals surface area (Å²) in [5.74, 6) is 0. The first kappa shape index (κ1) is 12.7. The minimum atomic E-state index is 0.999. The molecule has 0 fully saturated rings. The summed E-state index contributed by atoms with van der Waals surface area (Å²) in [5, 5.41) is 0. The summed E-state index contributed by atoms with van der Waals surface area (Å²) in [6.45, 7) is 0.999. The Morgan fingerprint density at radius 1 is 0.850 bits per heavy atom. The Bertz CT molecular complexity index is 641. The Morgan fingerprint density at radius 3 is 2.30 bits per heavy atom. The molecule has 20 heavy (non-hydrogen) atoms. The third-order valence-corrected chi connectivity index (χ3v) is 3.49. The van der Waals surface area contributed by atoms with Crippen LogP contribution >= 0.6 is 0 Å². The third kappa shape index (κ3) is 2.97. The van der Waals surface area contributed by atoms with Gasteiger partial charge in [-0.15, -0.1) is 0 Å². The zero-order valence-electron chi connectivity index (χ0n) is 11.4. The topological polar surface area (TPSA) is 17.8 Å². The van der Waals surface area contributed by atoms with E-state index in [1.54, 1.807) is 0 Å². The van der Waals surface area contributed by atoms with Crippen LogP contribution in [0, 0.1) is 0 Å². The summed E-state index contributed by atoms with van der Waals surface area (Å²) in [5.41, 5.74) is 3.82. The van der Waals surface area contributed by atoms with Gasteiger partial charge in [0.25, 0.3) is 0 Å². The molecule has 0 aliphatic heterocycles. The lowest BCUT2D eigenvalue weighted by atomic mass is 10.1. The van der Waals surface area contributed by atoms with Crippen LogP contribution in [0.3, 0.4) is 0 Å². The van der Waals surface area contributed by atoms with E-state index in [0.717, 1.165) is 19.4 Å². The van der Waals surface area contributed by atoms with Crippen molar-refractivity contribution in [3.63, 3.8) is 0 Å². The molecule has 0 amide bonds. The number of aryl methyl sites for hydroxylation is 2. The number of rotatable bonds is 5. The van der Waals surface area contributed by atoms with Gasteiger partial charge in [0.1, 0.15) is 0 Å². The number of imidazole rings is 1. The maximum Gasteiger partial charge on any atom is 0.0950 e. The van der Waals surface area contributed by atoms with E-state index in [1.807, 2.05) is 18.6 Å². The van der Waals surface area contributed by atoms with Gasteiger partial charge in [-0.05, 0) is 24.0 Å². The van der Waals surface area contributed by atoms with Crippen LogP contribution in [-0.4, -0.2) is 9.55 Å². The molecule has 3 rings (SSSR count). The van der Waals surface area contributed by atoms with Crippen LogP contribution in [0.25, 0.3) is 11.3 Å². The lowest BCUT2D eigenvalue weighted by molar-refractivity contribution is 0.647. The summed E-state index contributed by atoms with van der Waals surface area (Å²) in [6.07, 6.45) is 6.10. The molecule has 0 saturated carbocycles. The van der Waals surface area contributed by atoms with Crippen LogP contribution in [0.15, 0.2) is 73.2 Å². The Hall–Kier alpha value is -2.35. The van der Waals surface area contributed by atoms with Crippen LogP contribution in [-0.2, 0) is 13.0 Å². The quantitative estimate of drug-likeness (QED) is 0.674. The molecule has 0 atom stereocenters. The SMILES string of the molecule is c1ccc(CCCn2cncc2-c2ccccc2)cc1. The van der Waals surface area contributed by atoms with E-state index in [4.69, 9.17) is 0 Å². The van der Waals surface area contributed by atoms with Gasteiger partial charge in [-0.2, -0.15) is 0 Å². The zero-order valence-corrected chi connectivity index (χ0v) is 11.4. The van der Waals surface area contributed by atoms with Crippen molar-refractivity contribution in [3.05, 3.63) is 78.8 Å². The smallest absolute Gasteiger partial charge is 0.0950 e. The standard InChI is InChI=1S/C18H18N2/c1-3-8-16(9-4-1)10-7-13-20-15-19-14-18(20)17-11-5-2-6-12-17/h1-6,8-9,11-12,14-15H,7,10,13H2. The van der Waals surface area contributed by atoms with Crippen LogP contribution in [0.4, 0.5) is 0 Å². The van der Waals surface area contributed by atoms with Crippen molar-refractivity contribution < 1.29 is 0 Å². The van der Waals surface area contributed by atoms with Crippen molar-refractivity contribution in [2.75, 3.05) is 0 Å². The first-order chi connectivity index (χ1) is 9.93. The largest absolute Gasteiger partial charge is 0.331 e. The Kier molecular flexibility index (Phi) is 3.93. The fraction of sp³-hybridized carbons (Fsp3) is 0.167. The Labute approximate surface area is 119 Å². The van der Waals surface area contributed by atoms with E-state index < -0.39 is 0 Å². The van der Waals surface area contributed by atoms with Gasteiger partial charge in [0.2, 0.25) is 0 Å². The van der Waals surface area contributed by atoms with E-state index in [0.29, 0.717) is 0 Å². The Balaban J connectivity index is 1.66. The van der Waals surface area contributed by atoms with E-state index in [-0.39, 0.29) is 0 Å². The van der Waals surface area contributed by atoms with Gasteiger partial charge in [-0.1, -0.05) is 60.7 Å². The van der Waals surface area contributed by atoms with Crippen molar-refractivity contribution in [2.45, 2.75) is 19.4 Å². The summed E-state index contributed by atoms with van der Waals surface area (Å²) in [4.78, 5) is 4.29. The molecule has 1 heterocycles. The van der Waals surface area contributed by atoms with E-state index in [9.17, 15) is 0 Å². The molecule has 0 N–H and O–H groups in total. The minimum Gasteiger partial charge on any atom is -0.331 e. The molecule has 100 valence electrons. The third-order valence-electron chi connectivity index (χ3n) is 3.49. The zero-order chi connectivity index (χ0) is 13.6. The highest BCUT2D eigenvalue weighted by molar-refractivity contribution is 5.58. The summed E-state index contributed by atoms with van der Waals surface area (Å²) in [7, 11) is 0. The van der Waals surface area contributed by atoms with Gasteiger partial charge in [0, 0.05) is 6.54 Å². The van der Waals surface area contributed by atoms with Gasteiger partial charge >= 0.3 is 0 Å². The number of benzene rings is 2. The Morgan fingerprint density at radius 2 is 1.55 bits per heavy atom. The van der Waals surface area contributed by atoms with Gasteiger partial charge < -0.3 is 4.57 Å². The average molecular weight is 262 g/mol. The van der Waals surface area contributed by atoms with Crippen LogP contribution < -0.4 is 0 Å². The molecule has 1 aromatic heterocycles. The van der Waals surface area contributed by atoms with Crippen molar-refractivity contribution >= 4 is 0 Å². The molecule has 0 unspecified atom stereocenters. The number of nitrogens with zero attached hydrogens (tertiary/aromatic N) is 2. The molecular weight excluding hydrogens is 244 g/mol. The fourth-order valence-electron chi connectivity index (χ4n) is 2.45. The summed E-state index contributed by atoms with van der Waals surface area (Å²) in [6, 6.07) is 21.1. The minimum absolute atomic E-state index is 0.999. The molecular formula is C18H18N2. The molecule has 3 aromatic rings. The monoisotopic (exact) mass is 262 g/mol. The maximum atomic E-state index is 4.29. The molecule has 0 aliphatic rings. The van der Waals surface area contributed by atoms with Crippen molar-refractivity contribution in [3.8, 4) is 11.3 Å². The van der Waals surface area contributed by atoms with E-state index >= 15 is 0 Å². The molecule has 2 nitrogen and oxygen atoms in total. The van der Waals surface area contributed by atoms with Gasteiger partial charge in [0.15, 0.2) is 0 Å². The van der Waals surface area contributed by atoms with Gasteiger partial charge in [-0.25, -0.2) is 4.98 Å². The van der Waals surface area contributed by atoms with E-state index in [2.05, 4.69) is 64.1 Å². The lowest BCUT2D eigenvalue weighted by Crippen LogP contribution is -2.00. The van der Waals surface area contributed by atoms with Crippen molar-refractivity contribution in [2.24, 2.45) is 0 Å². The first-order valence-electron chi connectivity index (χ1n) is 7.03. The predicted molar refractivity (Wildman–Crippen MR) is 82.4 cm³/mol. The second kappa shape index (κ2) is 6.20. The highest BCUT2D eigenvalue weighted by atomic mass is 15.0. The molecule has 2 heteroatoms. The van der Waals surface area contributed by atoms with Crippen LogP contribution in [0.1, 0.15) is 12.0 Å². The van der Waals surface area contributed by atoms with Gasteiger partial charge in [-0.3, -0.25) is 0 Å². The first-order valence-corrected chi connectivity index (χ1v) is 7.03. The lowest BCUT2D eigenvalue weighted by Gasteiger charge is -2.08. The average Bonchev–Trinajstić information content (AvgIpc) is 2.98. The highest BCUT2D eigenvalue weighted by Crippen LogP contribution is 2.18. The molecule has 0 radical (unpaired) electrons. The summed E-state index contributed by atoms with van der Waals surface area (Å²) >= 11 is 0. The predicted octanol–water partition coefficient (Wildman–Crippen LogP) is 4.18. The van der Waals surface area contributed by atoms with E-state index in [1.165, 1.54) is 16.8 Å². The van der Waals surface area contributed by atoms with Crippen LogP contribution in [0.5, 0.6) is 0 Å². The number of aromatic nitrogens is 2. The normalized spacial score (nSPS) is 10.6. The van der Waals surface area contributed by atoms with Crippen molar-refractivity contribution in [1.29, 1.82) is 0 Å². The fourth-order valence-corrected chi connectivity index (χ4v) is 2.45. The van der Waals surface area contributed by atoms with Gasteiger partial charge in [0.05, 0.1) is 18.2 Å². The molecule has 0 bridgehead atoms. The number of hydrogen-bond acceptors (Lipinski definition) is 1. The highest BCUT2D eigenvalue weighted by Gasteiger charge is 2.04. The molecule has 2 aromatic carbocycles. The summed E-state index contributed by atoms with van der Waals surface area (Å²) < 4.78 is 2.23. The van der Waals surface area contributed by atoms with Crippen LogP contribution in [0.2, 0.25) is 0 Å². The second-order valence-corrected chi connectivity index (χ2v) is 4.93. The molecule has 0 spiro atoms.